The van der Waals surface area contributed by atoms with Gasteiger partial charge in [0.05, 0.1) is 36.0 Å². The molecule has 0 N–H and O–H groups in total. The first-order chi connectivity index (χ1) is 18.9. The Labute approximate surface area is 242 Å². The fraction of sp³-hybridized carbons (Fsp3) is 0.600. The molecule has 0 bridgehead atoms. The molecule has 0 spiro atoms. The first-order valence-corrected chi connectivity index (χ1v) is 14.1. The fourth-order valence-corrected chi connectivity index (χ4v) is 4.99. The van der Waals surface area contributed by atoms with Gasteiger partial charge in [-0.25, -0.2) is 0 Å². The molecule has 1 amide bonds. The van der Waals surface area contributed by atoms with Crippen molar-refractivity contribution < 1.29 is 33.2 Å². The van der Waals surface area contributed by atoms with Crippen LogP contribution in [-0.4, -0.2) is 79.4 Å². The van der Waals surface area contributed by atoms with Gasteiger partial charge in [-0.15, -0.1) is 0 Å². The molecule has 220 valence electrons. The van der Waals surface area contributed by atoms with Crippen LogP contribution in [0.2, 0.25) is 5.02 Å². The molecular weight excluding hydrogens is 536 g/mol. The van der Waals surface area contributed by atoms with Gasteiger partial charge in [-0.05, 0) is 71.9 Å². The average Bonchev–Trinajstić information content (AvgIpc) is 3.33. The van der Waals surface area contributed by atoms with Gasteiger partial charge in [-0.1, -0.05) is 11.6 Å². The third-order valence-corrected chi connectivity index (χ3v) is 6.93. The van der Waals surface area contributed by atoms with E-state index in [2.05, 4.69) is 4.98 Å². The molecule has 2 fully saturated rings. The van der Waals surface area contributed by atoms with E-state index in [1.54, 1.807) is 29.3 Å². The molecule has 0 radical (unpaired) electrons. The lowest BCUT2D eigenvalue weighted by atomic mass is 9.84. The van der Waals surface area contributed by atoms with Crippen molar-refractivity contribution in [2.24, 2.45) is 0 Å². The summed E-state index contributed by atoms with van der Waals surface area (Å²) >= 11 is 6.45. The van der Waals surface area contributed by atoms with E-state index >= 15 is 0 Å². The molecule has 1 aromatic heterocycles. The molecule has 1 aromatic carbocycles. The van der Waals surface area contributed by atoms with E-state index in [-0.39, 0.29) is 23.9 Å². The van der Waals surface area contributed by atoms with E-state index < -0.39 is 11.7 Å². The maximum Gasteiger partial charge on any atom is 0.254 e. The Balaban J connectivity index is 1.40. The number of carbonyl (C=O) groups is 1. The largest absolute Gasteiger partial charge is 0.490 e. The Morgan fingerprint density at radius 1 is 1.02 bits per heavy atom. The van der Waals surface area contributed by atoms with Gasteiger partial charge >= 0.3 is 0 Å². The van der Waals surface area contributed by atoms with Crippen LogP contribution in [0.1, 0.15) is 64.0 Å². The zero-order valence-corrected chi connectivity index (χ0v) is 25.1. The first-order valence-electron chi connectivity index (χ1n) is 13.7. The highest BCUT2D eigenvalue weighted by atomic mass is 35.5. The molecule has 0 saturated carbocycles. The van der Waals surface area contributed by atoms with Gasteiger partial charge in [0.1, 0.15) is 48.9 Å². The van der Waals surface area contributed by atoms with Crippen LogP contribution in [0.4, 0.5) is 0 Å². The number of pyridine rings is 1. The Morgan fingerprint density at radius 2 is 1.70 bits per heavy atom. The molecule has 0 aliphatic carbocycles. The predicted molar refractivity (Wildman–Crippen MR) is 151 cm³/mol. The van der Waals surface area contributed by atoms with Crippen LogP contribution in [0.5, 0.6) is 11.5 Å². The number of hydrogen-bond donors (Lipinski definition) is 0. The number of piperidine rings is 1. The number of ether oxygens (including phenoxy) is 6. The standard InChI is InChI=1S/C30H41ClN2O7/c1-28(2,3)38-16-14-35-23-10-9-21(18-22(23)31)27(34)33-13-11-30(25(19-33)37-20-40-30)26-24(8-7-12-32-26)36-15-17-39-29(4,5)6/h7-10,12,18,25H,11,13-17,19-20H2,1-6H3. The SMILES string of the molecule is CC(C)(C)OCCOc1ccc(C(=O)N2CCC3(c4ncccc4OCCOC(C)(C)C)OCOC3C2)cc1Cl. The van der Waals surface area contributed by atoms with Crippen molar-refractivity contribution in [2.45, 2.75) is 70.9 Å². The van der Waals surface area contributed by atoms with E-state index in [0.717, 1.165) is 0 Å². The molecule has 3 heterocycles. The minimum Gasteiger partial charge on any atom is -0.490 e. The van der Waals surface area contributed by atoms with Crippen molar-refractivity contribution in [1.82, 2.24) is 9.88 Å². The van der Waals surface area contributed by atoms with Crippen molar-refractivity contribution in [3.8, 4) is 11.5 Å². The van der Waals surface area contributed by atoms with E-state index in [4.69, 9.17) is 40.0 Å². The van der Waals surface area contributed by atoms with Gasteiger partial charge < -0.3 is 33.3 Å². The number of benzene rings is 1. The highest BCUT2D eigenvalue weighted by Crippen LogP contribution is 2.45. The molecule has 2 saturated heterocycles. The molecule has 10 heteroatoms. The van der Waals surface area contributed by atoms with Gasteiger partial charge in [0.2, 0.25) is 0 Å². The highest BCUT2D eigenvalue weighted by molar-refractivity contribution is 6.32. The summed E-state index contributed by atoms with van der Waals surface area (Å²) in [5, 5.41) is 0.374. The number of halogens is 1. The number of fused-ring (bicyclic) bond motifs is 1. The maximum atomic E-state index is 13.4. The molecule has 2 aliphatic heterocycles. The average molecular weight is 577 g/mol. The molecular formula is C30H41ClN2O7. The second-order valence-corrected chi connectivity index (χ2v) is 12.3. The van der Waals surface area contributed by atoms with Crippen molar-refractivity contribution in [1.29, 1.82) is 0 Å². The summed E-state index contributed by atoms with van der Waals surface area (Å²) in [6, 6.07) is 8.80. The first kappa shape index (κ1) is 30.5. The minimum atomic E-state index is -0.803. The van der Waals surface area contributed by atoms with Crippen LogP contribution in [0, 0.1) is 0 Å². The Kier molecular flexibility index (Phi) is 9.62. The van der Waals surface area contributed by atoms with E-state index in [9.17, 15) is 4.79 Å². The molecule has 9 nitrogen and oxygen atoms in total. The van der Waals surface area contributed by atoms with Crippen molar-refractivity contribution in [3.63, 3.8) is 0 Å². The molecule has 2 aliphatic rings. The quantitative estimate of drug-likeness (QED) is 0.355. The van der Waals surface area contributed by atoms with E-state index in [1.807, 2.05) is 53.7 Å². The lowest BCUT2D eigenvalue weighted by Gasteiger charge is -2.41. The van der Waals surface area contributed by atoms with Crippen LogP contribution in [-0.2, 0) is 24.5 Å². The fourth-order valence-electron chi connectivity index (χ4n) is 4.76. The van der Waals surface area contributed by atoms with Gasteiger partial charge in [0.15, 0.2) is 0 Å². The van der Waals surface area contributed by atoms with Gasteiger partial charge in [-0.2, -0.15) is 0 Å². The zero-order chi connectivity index (χ0) is 29.0. The molecule has 2 unspecified atom stereocenters. The molecule has 2 atom stereocenters. The number of hydrogen-bond acceptors (Lipinski definition) is 8. The van der Waals surface area contributed by atoms with Crippen molar-refractivity contribution in [2.75, 3.05) is 46.3 Å². The summed E-state index contributed by atoms with van der Waals surface area (Å²) in [7, 11) is 0. The smallest absolute Gasteiger partial charge is 0.254 e. The van der Waals surface area contributed by atoms with Gasteiger partial charge in [0.25, 0.3) is 5.91 Å². The Bertz CT molecular complexity index is 1160. The van der Waals surface area contributed by atoms with Gasteiger partial charge in [0, 0.05) is 24.7 Å². The number of amides is 1. The van der Waals surface area contributed by atoms with E-state index in [0.29, 0.717) is 73.7 Å². The normalized spacial score (nSPS) is 21.3. The third kappa shape index (κ3) is 7.64. The molecule has 4 rings (SSSR count). The topological polar surface area (TPSA) is 88.6 Å². The second-order valence-electron chi connectivity index (χ2n) is 11.9. The third-order valence-electron chi connectivity index (χ3n) is 6.63. The minimum absolute atomic E-state index is 0.118. The summed E-state index contributed by atoms with van der Waals surface area (Å²) in [4.78, 5) is 19.8. The van der Waals surface area contributed by atoms with E-state index in [1.165, 1.54) is 0 Å². The molecule has 40 heavy (non-hydrogen) atoms. The molecule has 2 aromatic rings. The number of rotatable bonds is 10. The Morgan fingerprint density at radius 3 is 2.35 bits per heavy atom. The summed E-state index contributed by atoms with van der Waals surface area (Å²) in [6.45, 7) is 14.5. The number of aromatic nitrogens is 1. The zero-order valence-electron chi connectivity index (χ0n) is 24.3. The van der Waals surface area contributed by atoms with Crippen LogP contribution < -0.4 is 9.47 Å². The predicted octanol–water partition coefficient (Wildman–Crippen LogP) is 5.24. The maximum absolute atomic E-state index is 13.4. The van der Waals surface area contributed by atoms with Crippen molar-refractivity contribution in [3.05, 3.63) is 52.8 Å². The second kappa shape index (κ2) is 12.6. The number of carbonyl (C=O) groups excluding carboxylic acids is 1. The van der Waals surface area contributed by atoms with Gasteiger partial charge in [-0.3, -0.25) is 9.78 Å². The van der Waals surface area contributed by atoms with Crippen molar-refractivity contribution >= 4 is 17.5 Å². The van der Waals surface area contributed by atoms with Crippen LogP contribution >= 0.6 is 11.6 Å². The summed E-state index contributed by atoms with van der Waals surface area (Å²) < 4.78 is 35.5. The van der Waals surface area contributed by atoms with Crippen LogP contribution in [0.25, 0.3) is 0 Å². The number of nitrogens with zero attached hydrogens (tertiary/aromatic N) is 2. The number of likely N-dealkylation sites (tertiary alicyclic amines) is 1. The summed E-state index contributed by atoms with van der Waals surface area (Å²) in [6.07, 6.45) is 1.84. The van der Waals surface area contributed by atoms with Crippen LogP contribution in [0.15, 0.2) is 36.5 Å². The lowest BCUT2D eigenvalue weighted by Crippen LogP contribution is -2.54. The Hall–Kier alpha value is -2.43. The summed E-state index contributed by atoms with van der Waals surface area (Å²) in [5.74, 6) is 1.01. The highest BCUT2D eigenvalue weighted by Gasteiger charge is 2.53. The monoisotopic (exact) mass is 576 g/mol. The summed E-state index contributed by atoms with van der Waals surface area (Å²) in [5.41, 5.74) is -0.125. The lowest BCUT2D eigenvalue weighted by molar-refractivity contribution is -0.0502. The van der Waals surface area contributed by atoms with Crippen LogP contribution in [0.3, 0.4) is 0 Å².